The van der Waals surface area contributed by atoms with Gasteiger partial charge in [0.2, 0.25) is 0 Å². The standard InChI is InChI=1S/C36H62O8/c1-3-5-7-9-11-13-15-17-19-21-23-25-27-29-31-33-35(37,42-38)41-36(43-39,44-40)34-32-30-28-26-24-22-20-18-16-14-12-10-8-6-4-2/h5-8,11-14,17-20,37-40H,3-4,9-10,15-16,21-34H2,1-2H3/b7-5-,8-6-,13-11-,14-12-,19-17-,20-18-. The van der Waals surface area contributed by atoms with Crippen molar-refractivity contribution in [3.63, 3.8) is 0 Å². The second-order valence-electron chi connectivity index (χ2n) is 11.0. The van der Waals surface area contributed by atoms with Gasteiger partial charge >= 0.3 is 11.9 Å². The van der Waals surface area contributed by atoms with Crippen molar-refractivity contribution in [1.82, 2.24) is 0 Å². The molecule has 8 nitrogen and oxygen atoms in total. The van der Waals surface area contributed by atoms with E-state index in [0.717, 1.165) is 103 Å². The number of allylic oxidation sites excluding steroid dienone is 12. The SMILES string of the molecule is CC/C=C\C/C=C\C/C=C\CCCCCCCC(O)(OO)OC(CCCCCCC/C=C\C/C=C\C/C=C\CC)(OO)OO. The summed E-state index contributed by atoms with van der Waals surface area (Å²) in [5, 5.41) is 38.6. The second kappa shape index (κ2) is 31.1. The summed E-state index contributed by atoms with van der Waals surface area (Å²) in [7, 11) is 0. The minimum absolute atomic E-state index is 0.0788. The van der Waals surface area contributed by atoms with Gasteiger partial charge in [0.1, 0.15) is 0 Å². The van der Waals surface area contributed by atoms with Crippen molar-refractivity contribution in [2.75, 3.05) is 0 Å². The summed E-state index contributed by atoms with van der Waals surface area (Å²) in [5.41, 5.74) is 0. The highest BCUT2D eigenvalue weighted by Crippen LogP contribution is 2.30. The molecule has 0 bridgehead atoms. The van der Waals surface area contributed by atoms with Gasteiger partial charge in [0.25, 0.3) is 0 Å². The number of hydrogen-bond donors (Lipinski definition) is 4. The van der Waals surface area contributed by atoms with Crippen LogP contribution in [0, 0.1) is 0 Å². The first kappa shape index (κ1) is 42.1. The third-order valence-electron chi connectivity index (χ3n) is 7.01. The maximum absolute atomic E-state index is 10.5. The molecular weight excluding hydrogens is 560 g/mol. The lowest BCUT2D eigenvalue weighted by Crippen LogP contribution is -2.48. The zero-order chi connectivity index (χ0) is 32.5. The van der Waals surface area contributed by atoms with Crippen LogP contribution in [0.1, 0.15) is 142 Å². The number of ether oxygens (including phenoxy) is 1. The molecule has 0 aliphatic carbocycles. The third-order valence-corrected chi connectivity index (χ3v) is 7.01. The summed E-state index contributed by atoms with van der Waals surface area (Å²) in [6, 6.07) is 0. The van der Waals surface area contributed by atoms with Crippen LogP contribution in [-0.2, 0) is 19.4 Å². The Kier molecular flexibility index (Phi) is 29.8. The Balaban J connectivity index is 4.12. The van der Waals surface area contributed by atoms with Crippen LogP contribution < -0.4 is 0 Å². The summed E-state index contributed by atoms with van der Waals surface area (Å²) in [6.45, 7) is 4.26. The molecule has 1 atom stereocenters. The van der Waals surface area contributed by atoms with E-state index in [1.54, 1.807) is 0 Å². The Bertz CT molecular complexity index is 798. The average Bonchev–Trinajstić information content (AvgIpc) is 3.04. The number of hydrogen-bond acceptors (Lipinski definition) is 8. The van der Waals surface area contributed by atoms with Crippen molar-refractivity contribution in [2.45, 2.75) is 154 Å². The zero-order valence-electron chi connectivity index (χ0n) is 27.5. The first-order valence-corrected chi connectivity index (χ1v) is 16.8. The Hall–Kier alpha value is -1.88. The number of rotatable bonds is 31. The van der Waals surface area contributed by atoms with Crippen LogP contribution in [-0.4, -0.2) is 32.8 Å². The van der Waals surface area contributed by atoms with Crippen LogP contribution in [0.4, 0.5) is 0 Å². The van der Waals surface area contributed by atoms with E-state index in [-0.39, 0.29) is 12.8 Å². The lowest BCUT2D eigenvalue weighted by atomic mass is 10.1. The highest BCUT2D eigenvalue weighted by atomic mass is 17.3. The molecule has 0 aromatic heterocycles. The summed E-state index contributed by atoms with van der Waals surface area (Å²) in [4.78, 5) is 12.7. The smallest absolute Gasteiger partial charge is 0.341 e. The second-order valence-corrected chi connectivity index (χ2v) is 11.0. The minimum Gasteiger partial charge on any atom is -0.341 e. The summed E-state index contributed by atoms with van der Waals surface area (Å²) >= 11 is 0. The van der Waals surface area contributed by atoms with Gasteiger partial charge in [0, 0.05) is 12.8 Å². The quantitative estimate of drug-likeness (QED) is 0.0198. The molecular formula is C36H62O8. The van der Waals surface area contributed by atoms with Gasteiger partial charge in [0.15, 0.2) is 0 Å². The largest absolute Gasteiger partial charge is 0.343 e. The fraction of sp³-hybridized carbons (Fsp3) is 0.667. The van der Waals surface area contributed by atoms with E-state index in [9.17, 15) is 20.9 Å². The molecule has 44 heavy (non-hydrogen) atoms. The normalized spacial score (nSPS) is 14.6. The third kappa shape index (κ3) is 25.4. The Labute approximate surface area is 267 Å². The first-order valence-electron chi connectivity index (χ1n) is 16.8. The van der Waals surface area contributed by atoms with Gasteiger partial charge in [0.05, 0.1) is 0 Å². The van der Waals surface area contributed by atoms with E-state index in [0.29, 0.717) is 12.8 Å². The van der Waals surface area contributed by atoms with Crippen molar-refractivity contribution >= 4 is 0 Å². The summed E-state index contributed by atoms with van der Waals surface area (Å²) in [5.74, 6) is -4.87. The van der Waals surface area contributed by atoms with Crippen LogP contribution in [0.2, 0.25) is 0 Å². The van der Waals surface area contributed by atoms with Crippen LogP contribution in [0.3, 0.4) is 0 Å². The molecule has 0 aromatic carbocycles. The first-order chi connectivity index (χ1) is 21.5. The monoisotopic (exact) mass is 622 g/mol. The van der Waals surface area contributed by atoms with Crippen molar-refractivity contribution in [3.8, 4) is 0 Å². The van der Waals surface area contributed by atoms with Gasteiger partial charge < -0.3 is 5.11 Å². The number of aliphatic hydroxyl groups is 1. The molecule has 0 aliphatic heterocycles. The van der Waals surface area contributed by atoms with Crippen molar-refractivity contribution in [3.05, 3.63) is 72.9 Å². The molecule has 0 aromatic rings. The van der Waals surface area contributed by atoms with Crippen LogP contribution >= 0.6 is 0 Å². The highest BCUT2D eigenvalue weighted by Gasteiger charge is 2.45. The Morgan fingerprint density at radius 1 is 0.432 bits per heavy atom. The molecule has 0 aliphatic rings. The van der Waals surface area contributed by atoms with Gasteiger partial charge in [-0.05, 0) is 77.0 Å². The molecule has 1 unspecified atom stereocenters. The maximum atomic E-state index is 10.5. The predicted molar refractivity (Wildman–Crippen MR) is 178 cm³/mol. The molecule has 0 radical (unpaired) electrons. The summed E-state index contributed by atoms with van der Waals surface area (Å²) in [6.07, 6.45) is 42.7. The molecule has 0 amide bonds. The molecule has 8 heteroatoms. The van der Waals surface area contributed by atoms with Crippen LogP contribution in [0.5, 0.6) is 0 Å². The minimum atomic E-state index is -2.50. The van der Waals surface area contributed by atoms with Gasteiger partial charge in [-0.15, -0.1) is 0 Å². The Morgan fingerprint density at radius 3 is 1.20 bits per heavy atom. The Morgan fingerprint density at radius 2 is 0.795 bits per heavy atom. The zero-order valence-corrected chi connectivity index (χ0v) is 27.5. The van der Waals surface area contributed by atoms with E-state index in [1.807, 2.05) is 0 Å². The van der Waals surface area contributed by atoms with Gasteiger partial charge in [-0.2, -0.15) is 14.7 Å². The fourth-order valence-corrected chi connectivity index (χ4v) is 4.48. The van der Waals surface area contributed by atoms with E-state index >= 15 is 0 Å². The molecule has 0 saturated carbocycles. The maximum Gasteiger partial charge on any atom is 0.343 e. The fourth-order valence-electron chi connectivity index (χ4n) is 4.48. The number of unbranched alkanes of at least 4 members (excludes halogenated alkanes) is 10. The molecule has 0 fully saturated rings. The van der Waals surface area contributed by atoms with Crippen LogP contribution in [0.15, 0.2) is 72.9 Å². The summed E-state index contributed by atoms with van der Waals surface area (Å²) < 4.78 is 5.21. The van der Waals surface area contributed by atoms with Gasteiger partial charge in [-0.3, -0.25) is 4.74 Å². The average molecular weight is 623 g/mol. The van der Waals surface area contributed by atoms with Crippen LogP contribution in [0.25, 0.3) is 0 Å². The van der Waals surface area contributed by atoms with Crippen molar-refractivity contribution in [1.29, 1.82) is 0 Å². The molecule has 0 heterocycles. The predicted octanol–water partition coefficient (Wildman–Crippen LogP) is 11.0. The van der Waals surface area contributed by atoms with Crippen molar-refractivity contribution < 1.29 is 40.3 Å². The van der Waals surface area contributed by atoms with E-state index in [2.05, 4.69) is 101 Å². The lowest BCUT2D eigenvalue weighted by molar-refractivity contribution is -0.626. The lowest BCUT2D eigenvalue weighted by Gasteiger charge is -2.34. The topological polar surface area (TPSA) is 118 Å². The molecule has 254 valence electrons. The highest BCUT2D eigenvalue weighted by molar-refractivity contribution is 4.98. The molecule has 0 saturated heterocycles. The molecule has 4 N–H and O–H groups in total. The van der Waals surface area contributed by atoms with Gasteiger partial charge in [-0.25, -0.2) is 15.8 Å². The van der Waals surface area contributed by atoms with Gasteiger partial charge in [-0.1, -0.05) is 125 Å². The van der Waals surface area contributed by atoms with Crippen molar-refractivity contribution in [2.24, 2.45) is 0 Å². The van der Waals surface area contributed by atoms with E-state index in [1.165, 1.54) is 0 Å². The van der Waals surface area contributed by atoms with E-state index in [4.69, 9.17) is 4.74 Å². The molecule has 0 rings (SSSR count). The molecule has 0 spiro atoms. The van der Waals surface area contributed by atoms with E-state index < -0.39 is 11.9 Å².